The van der Waals surface area contributed by atoms with E-state index in [2.05, 4.69) is 23.8 Å². The highest BCUT2D eigenvalue weighted by Crippen LogP contribution is 2.39. The van der Waals surface area contributed by atoms with Gasteiger partial charge in [0.15, 0.2) is 11.6 Å². The lowest BCUT2D eigenvalue weighted by Crippen LogP contribution is -2.18. The summed E-state index contributed by atoms with van der Waals surface area (Å²) >= 11 is 0. The number of allylic oxidation sites excluding steroid dienone is 2. The van der Waals surface area contributed by atoms with Gasteiger partial charge in [-0.1, -0.05) is 50.8 Å². The van der Waals surface area contributed by atoms with Crippen molar-refractivity contribution in [2.75, 3.05) is 0 Å². The van der Waals surface area contributed by atoms with E-state index in [1.54, 1.807) is 6.07 Å². The summed E-state index contributed by atoms with van der Waals surface area (Å²) in [5.41, 5.74) is 0.783. The van der Waals surface area contributed by atoms with Gasteiger partial charge in [-0.3, -0.25) is 0 Å². The van der Waals surface area contributed by atoms with Crippen molar-refractivity contribution < 1.29 is 22.3 Å². The molecule has 0 aromatic heterocycles. The molecule has 33 heavy (non-hydrogen) atoms. The molecule has 5 heteroatoms. The molecule has 2 aliphatic carbocycles. The van der Waals surface area contributed by atoms with Crippen LogP contribution in [0.2, 0.25) is 0 Å². The van der Waals surface area contributed by atoms with Gasteiger partial charge in [-0.2, -0.15) is 0 Å². The number of hydrogen-bond acceptors (Lipinski definition) is 1. The van der Waals surface area contributed by atoms with E-state index >= 15 is 0 Å². The summed E-state index contributed by atoms with van der Waals surface area (Å²) in [6.07, 6.45) is 17.4. The third-order valence-corrected chi connectivity index (χ3v) is 7.76. The molecule has 0 saturated heterocycles. The maximum atomic E-state index is 14.0. The SMILES string of the molecule is CCCCCC1CCC(/C=C/CCC2CCC(c3ccc(OC(F)(F)F)c(F)c3)CC2)CC1. The molecule has 0 atom stereocenters. The summed E-state index contributed by atoms with van der Waals surface area (Å²) in [6.45, 7) is 2.27. The Kier molecular flexibility index (Phi) is 10.1. The van der Waals surface area contributed by atoms with Gasteiger partial charge in [0.1, 0.15) is 0 Å². The minimum absolute atomic E-state index is 0.221. The highest BCUT2D eigenvalue weighted by molar-refractivity contribution is 5.31. The van der Waals surface area contributed by atoms with Crippen molar-refractivity contribution in [3.63, 3.8) is 0 Å². The van der Waals surface area contributed by atoms with Crippen LogP contribution in [0, 0.1) is 23.6 Å². The van der Waals surface area contributed by atoms with Crippen LogP contribution in [0.1, 0.15) is 108 Å². The third kappa shape index (κ3) is 8.98. The van der Waals surface area contributed by atoms with Gasteiger partial charge in [-0.05, 0) is 106 Å². The molecule has 0 unspecified atom stereocenters. The van der Waals surface area contributed by atoms with Crippen LogP contribution in [0.25, 0.3) is 0 Å². The van der Waals surface area contributed by atoms with E-state index < -0.39 is 17.9 Å². The van der Waals surface area contributed by atoms with Crippen molar-refractivity contribution in [2.45, 2.75) is 109 Å². The van der Waals surface area contributed by atoms with E-state index in [0.717, 1.165) is 55.6 Å². The van der Waals surface area contributed by atoms with Crippen molar-refractivity contribution in [3.05, 3.63) is 41.7 Å². The highest BCUT2D eigenvalue weighted by Gasteiger charge is 2.32. The van der Waals surface area contributed by atoms with Gasteiger partial charge in [0.2, 0.25) is 0 Å². The minimum atomic E-state index is -4.87. The van der Waals surface area contributed by atoms with Crippen LogP contribution in [-0.4, -0.2) is 6.36 Å². The fraction of sp³-hybridized carbons (Fsp3) is 0.714. The zero-order valence-electron chi connectivity index (χ0n) is 20.0. The maximum absolute atomic E-state index is 14.0. The fourth-order valence-electron chi connectivity index (χ4n) is 5.74. The molecule has 1 aromatic carbocycles. The Hall–Kier alpha value is -1.52. The molecule has 3 rings (SSSR count). The van der Waals surface area contributed by atoms with E-state index in [0.29, 0.717) is 5.92 Å². The van der Waals surface area contributed by atoms with Gasteiger partial charge in [0, 0.05) is 0 Å². The number of hydrogen-bond donors (Lipinski definition) is 0. The van der Waals surface area contributed by atoms with Gasteiger partial charge in [0.25, 0.3) is 0 Å². The first-order valence-corrected chi connectivity index (χ1v) is 13.1. The quantitative estimate of drug-likeness (QED) is 0.189. The highest BCUT2D eigenvalue weighted by atomic mass is 19.4. The van der Waals surface area contributed by atoms with Crippen molar-refractivity contribution in [2.24, 2.45) is 17.8 Å². The average molecular weight is 469 g/mol. The first kappa shape index (κ1) is 26.1. The van der Waals surface area contributed by atoms with Crippen LogP contribution in [0.3, 0.4) is 0 Å². The van der Waals surface area contributed by atoms with Crippen LogP contribution in [0.15, 0.2) is 30.4 Å². The van der Waals surface area contributed by atoms with E-state index in [-0.39, 0.29) is 5.92 Å². The Balaban J connectivity index is 1.33. The van der Waals surface area contributed by atoms with E-state index in [1.807, 2.05) is 0 Å². The molecule has 0 heterocycles. The fourth-order valence-corrected chi connectivity index (χ4v) is 5.74. The molecule has 2 saturated carbocycles. The van der Waals surface area contributed by atoms with Gasteiger partial charge >= 0.3 is 6.36 Å². The summed E-state index contributed by atoms with van der Waals surface area (Å²) in [6, 6.07) is 3.90. The summed E-state index contributed by atoms with van der Waals surface area (Å²) in [7, 11) is 0. The number of benzene rings is 1. The second-order valence-corrected chi connectivity index (χ2v) is 10.2. The van der Waals surface area contributed by atoms with E-state index in [9.17, 15) is 17.6 Å². The second-order valence-electron chi connectivity index (χ2n) is 10.2. The lowest BCUT2D eigenvalue weighted by molar-refractivity contribution is -0.275. The smallest absolute Gasteiger partial charge is 0.403 e. The topological polar surface area (TPSA) is 9.23 Å². The molecule has 1 nitrogen and oxygen atoms in total. The van der Waals surface area contributed by atoms with E-state index in [1.165, 1.54) is 63.9 Å². The summed E-state index contributed by atoms with van der Waals surface area (Å²) in [5, 5.41) is 0. The molecule has 0 amide bonds. The number of ether oxygens (including phenoxy) is 1. The van der Waals surface area contributed by atoms with Crippen LogP contribution in [0.5, 0.6) is 5.75 Å². The van der Waals surface area contributed by atoms with Crippen molar-refractivity contribution in [3.8, 4) is 5.75 Å². The predicted molar refractivity (Wildman–Crippen MR) is 126 cm³/mol. The van der Waals surface area contributed by atoms with Crippen molar-refractivity contribution in [1.82, 2.24) is 0 Å². The Bertz CT molecular complexity index is 726. The van der Waals surface area contributed by atoms with Crippen LogP contribution < -0.4 is 4.74 Å². The molecule has 1 aromatic rings. The molecular weight excluding hydrogens is 428 g/mol. The molecule has 2 aliphatic rings. The minimum Gasteiger partial charge on any atom is -0.403 e. The lowest BCUT2D eigenvalue weighted by Gasteiger charge is -2.29. The van der Waals surface area contributed by atoms with Crippen molar-refractivity contribution >= 4 is 0 Å². The molecule has 0 radical (unpaired) electrons. The number of rotatable bonds is 10. The van der Waals surface area contributed by atoms with Crippen LogP contribution in [0.4, 0.5) is 17.6 Å². The molecule has 186 valence electrons. The first-order chi connectivity index (χ1) is 15.8. The molecule has 0 aliphatic heterocycles. The normalized spacial score (nSPS) is 26.6. The number of alkyl halides is 3. The summed E-state index contributed by atoms with van der Waals surface area (Å²) in [5.74, 6) is 0.945. The molecule has 0 N–H and O–H groups in total. The zero-order chi connectivity index (χ0) is 23.7. The first-order valence-electron chi connectivity index (χ1n) is 13.1. The average Bonchev–Trinajstić information content (AvgIpc) is 2.79. The summed E-state index contributed by atoms with van der Waals surface area (Å²) in [4.78, 5) is 0. The Morgan fingerprint density at radius 1 is 0.909 bits per heavy atom. The monoisotopic (exact) mass is 468 g/mol. The van der Waals surface area contributed by atoms with E-state index in [4.69, 9.17) is 0 Å². The van der Waals surface area contributed by atoms with Gasteiger partial charge in [0.05, 0.1) is 0 Å². The predicted octanol–water partition coefficient (Wildman–Crippen LogP) is 9.72. The molecule has 2 fully saturated rings. The molecule has 0 spiro atoms. The Morgan fingerprint density at radius 3 is 2.21 bits per heavy atom. The lowest BCUT2D eigenvalue weighted by atomic mass is 9.77. The largest absolute Gasteiger partial charge is 0.573 e. The summed E-state index contributed by atoms with van der Waals surface area (Å²) < 4.78 is 54.7. The molecular formula is C28H40F4O. The van der Waals surface area contributed by atoms with Crippen LogP contribution >= 0.6 is 0 Å². The van der Waals surface area contributed by atoms with Crippen LogP contribution in [-0.2, 0) is 0 Å². The zero-order valence-corrected chi connectivity index (χ0v) is 20.0. The Morgan fingerprint density at radius 2 is 1.58 bits per heavy atom. The standard InChI is InChI=1S/C28H40F4O/c1-2-3-4-7-21-10-12-22(13-11-21)8-5-6-9-23-14-16-24(17-15-23)25-18-19-27(26(29)20-25)33-28(30,31)32/h5,8,18-24H,2-4,6-7,9-17H2,1H3/b8-5+. The van der Waals surface area contributed by atoms with Gasteiger partial charge < -0.3 is 4.74 Å². The number of unbranched alkanes of at least 4 members (excludes halogenated alkanes) is 2. The van der Waals surface area contributed by atoms with Gasteiger partial charge in [-0.25, -0.2) is 4.39 Å². The maximum Gasteiger partial charge on any atom is 0.573 e. The third-order valence-electron chi connectivity index (χ3n) is 7.76. The van der Waals surface area contributed by atoms with Gasteiger partial charge in [-0.15, -0.1) is 13.2 Å². The Labute approximate surface area is 197 Å². The molecule has 0 bridgehead atoms. The number of halogens is 4. The second kappa shape index (κ2) is 12.8. The van der Waals surface area contributed by atoms with Crippen molar-refractivity contribution in [1.29, 1.82) is 0 Å².